The van der Waals surface area contributed by atoms with Crippen LogP contribution in [-0.4, -0.2) is 44.9 Å². The Morgan fingerprint density at radius 1 is 1.47 bits per heavy atom. The van der Waals surface area contributed by atoms with E-state index in [0.29, 0.717) is 18.7 Å². The van der Waals surface area contributed by atoms with E-state index in [1.54, 1.807) is 6.92 Å². The van der Waals surface area contributed by atoms with Crippen molar-refractivity contribution in [3.05, 3.63) is 11.1 Å². The molecule has 0 unspecified atom stereocenters. The molecule has 1 aliphatic heterocycles. The molecule has 1 aliphatic rings. The van der Waals surface area contributed by atoms with Crippen molar-refractivity contribution in [2.24, 2.45) is 0 Å². The van der Waals surface area contributed by atoms with Crippen LogP contribution in [0, 0.1) is 0 Å². The molecule has 0 bridgehead atoms. The average molecular weight is 252 g/mol. The summed E-state index contributed by atoms with van der Waals surface area (Å²) in [5.41, 5.74) is 1.65. The lowest BCUT2D eigenvalue weighted by atomic mass is 10.0. The summed E-state index contributed by atoms with van der Waals surface area (Å²) in [4.78, 5) is 11.5. The number of halogens is 3. The number of hydrogen-bond acceptors (Lipinski definition) is 3. The van der Waals surface area contributed by atoms with Gasteiger partial charge in [-0.1, -0.05) is 0 Å². The first-order valence-corrected chi connectivity index (χ1v) is 5.22. The molecule has 0 aromatic rings. The summed E-state index contributed by atoms with van der Waals surface area (Å²) in [6.45, 7) is 1.74. The highest BCUT2D eigenvalue weighted by molar-refractivity contribution is 5.93. The molecule has 98 valence electrons. The first kappa shape index (κ1) is 14.0. The van der Waals surface area contributed by atoms with E-state index in [2.05, 4.69) is 15.4 Å². The second-order valence-corrected chi connectivity index (χ2v) is 3.76. The zero-order valence-electron chi connectivity index (χ0n) is 9.49. The predicted molar refractivity (Wildman–Crippen MR) is 55.5 cm³/mol. The van der Waals surface area contributed by atoms with Crippen molar-refractivity contribution in [3.8, 4) is 0 Å². The van der Waals surface area contributed by atoms with E-state index >= 15 is 0 Å². The fourth-order valence-electron chi connectivity index (χ4n) is 1.23. The number of carbonyl (C=O) groups excluding carboxylic acids is 1. The molecule has 17 heavy (non-hydrogen) atoms. The quantitative estimate of drug-likeness (QED) is 0.556. The maximum Gasteiger partial charge on any atom is 0.411 e. The molecule has 0 atom stereocenters. The van der Waals surface area contributed by atoms with Gasteiger partial charge in [-0.25, -0.2) is 0 Å². The first-order valence-electron chi connectivity index (χ1n) is 5.22. The molecule has 1 rings (SSSR count). The van der Waals surface area contributed by atoms with Crippen LogP contribution < -0.4 is 10.6 Å². The highest BCUT2D eigenvalue weighted by atomic mass is 19.4. The summed E-state index contributed by atoms with van der Waals surface area (Å²) in [6.07, 6.45) is -4.32. The Balaban J connectivity index is 2.12. The van der Waals surface area contributed by atoms with Crippen molar-refractivity contribution in [1.29, 1.82) is 0 Å². The van der Waals surface area contributed by atoms with Crippen molar-refractivity contribution < 1.29 is 22.7 Å². The molecule has 0 aromatic carbocycles. The van der Waals surface area contributed by atoms with Crippen LogP contribution in [0.1, 0.15) is 6.92 Å². The molecule has 7 heteroatoms. The fraction of sp³-hybridized carbons (Fsp3) is 0.700. The molecule has 1 fully saturated rings. The molecule has 0 saturated carbocycles. The summed E-state index contributed by atoms with van der Waals surface area (Å²) >= 11 is 0. The van der Waals surface area contributed by atoms with Crippen molar-refractivity contribution in [3.63, 3.8) is 0 Å². The highest BCUT2D eigenvalue weighted by Crippen LogP contribution is 2.14. The van der Waals surface area contributed by atoms with Crippen molar-refractivity contribution in [2.75, 3.05) is 32.8 Å². The largest absolute Gasteiger partial charge is 0.411 e. The standard InChI is InChI=1S/C10H15F3N2O2/c1-7(8-4-14-5-8)9(16)15-2-3-17-6-10(11,12)13/h14H,2-6H2,1H3,(H,15,16). The van der Waals surface area contributed by atoms with Gasteiger partial charge in [0.2, 0.25) is 5.91 Å². The van der Waals surface area contributed by atoms with E-state index < -0.39 is 12.8 Å². The lowest BCUT2D eigenvalue weighted by Crippen LogP contribution is -2.38. The van der Waals surface area contributed by atoms with E-state index in [0.717, 1.165) is 5.57 Å². The normalized spacial score (nSPS) is 15.4. The van der Waals surface area contributed by atoms with Crippen LogP contribution in [0.15, 0.2) is 11.1 Å². The van der Waals surface area contributed by atoms with Crippen LogP contribution in [0.4, 0.5) is 13.2 Å². The van der Waals surface area contributed by atoms with Crippen LogP contribution in [0.3, 0.4) is 0 Å². The highest BCUT2D eigenvalue weighted by Gasteiger charge is 2.27. The van der Waals surface area contributed by atoms with E-state index in [1.165, 1.54) is 0 Å². The van der Waals surface area contributed by atoms with Gasteiger partial charge in [0, 0.05) is 25.2 Å². The summed E-state index contributed by atoms with van der Waals surface area (Å²) < 4.78 is 39.5. The molecule has 2 N–H and O–H groups in total. The number of rotatable bonds is 5. The Hall–Kier alpha value is -1.08. The van der Waals surface area contributed by atoms with Gasteiger partial charge in [-0.2, -0.15) is 13.2 Å². The lowest BCUT2D eigenvalue weighted by molar-refractivity contribution is -0.173. The molecular weight excluding hydrogens is 237 g/mol. The summed E-state index contributed by atoms with van der Waals surface area (Å²) in [7, 11) is 0. The third-order valence-electron chi connectivity index (χ3n) is 2.35. The maximum absolute atomic E-state index is 11.7. The van der Waals surface area contributed by atoms with Gasteiger partial charge in [0.15, 0.2) is 0 Å². The van der Waals surface area contributed by atoms with Crippen LogP contribution in [0.2, 0.25) is 0 Å². The molecular formula is C10H15F3N2O2. The van der Waals surface area contributed by atoms with Crippen molar-refractivity contribution >= 4 is 5.91 Å². The van der Waals surface area contributed by atoms with E-state index in [4.69, 9.17) is 0 Å². The molecule has 1 saturated heterocycles. The lowest BCUT2D eigenvalue weighted by Gasteiger charge is -2.21. The van der Waals surface area contributed by atoms with Gasteiger partial charge in [0.1, 0.15) is 6.61 Å². The Labute approximate surface area is 97.2 Å². The van der Waals surface area contributed by atoms with Crippen LogP contribution in [-0.2, 0) is 9.53 Å². The zero-order valence-corrected chi connectivity index (χ0v) is 9.49. The SMILES string of the molecule is CC(C(=O)NCCOCC(F)(F)F)=C1CNC1. The topological polar surface area (TPSA) is 50.4 Å². The van der Waals surface area contributed by atoms with Crippen molar-refractivity contribution in [2.45, 2.75) is 13.1 Å². The van der Waals surface area contributed by atoms with Gasteiger partial charge < -0.3 is 15.4 Å². The third kappa shape index (κ3) is 5.18. The number of carbonyl (C=O) groups is 1. The average Bonchev–Trinajstić information content (AvgIpc) is 2.12. The predicted octanol–water partition coefficient (Wildman–Crippen LogP) is 0.601. The Morgan fingerprint density at radius 3 is 2.59 bits per heavy atom. The van der Waals surface area contributed by atoms with Crippen LogP contribution >= 0.6 is 0 Å². The number of amides is 1. The zero-order chi connectivity index (χ0) is 12.9. The molecule has 0 radical (unpaired) electrons. The van der Waals surface area contributed by atoms with E-state index in [1.807, 2.05) is 0 Å². The fourth-order valence-corrected chi connectivity index (χ4v) is 1.23. The first-order chi connectivity index (χ1) is 7.90. The number of alkyl halides is 3. The van der Waals surface area contributed by atoms with Gasteiger partial charge in [-0.05, 0) is 12.5 Å². The van der Waals surface area contributed by atoms with Gasteiger partial charge in [0.25, 0.3) is 0 Å². The second-order valence-electron chi connectivity index (χ2n) is 3.76. The third-order valence-corrected chi connectivity index (χ3v) is 2.35. The van der Waals surface area contributed by atoms with Crippen LogP contribution in [0.25, 0.3) is 0 Å². The number of nitrogens with one attached hydrogen (secondary N) is 2. The molecule has 0 aromatic heterocycles. The minimum absolute atomic E-state index is 0.0764. The molecule has 0 spiro atoms. The monoisotopic (exact) mass is 252 g/mol. The molecule has 0 aliphatic carbocycles. The Kier molecular flexibility index (Phi) is 4.95. The second kappa shape index (κ2) is 6.02. The van der Waals surface area contributed by atoms with Gasteiger partial charge in [0.05, 0.1) is 6.61 Å². The Morgan fingerprint density at radius 2 is 2.12 bits per heavy atom. The smallest absolute Gasteiger partial charge is 0.370 e. The van der Waals surface area contributed by atoms with Crippen LogP contribution in [0.5, 0.6) is 0 Å². The minimum Gasteiger partial charge on any atom is -0.370 e. The van der Waals surface area contributed by atoms with Gasteiger partial charge in [-0.15, -0.1) is 0 Å². The maximum atomic E-state index is 11.7. The minimum atomic E-state index is -4.32. The number of ether oxygens (including phenoxy) is 1. The summed E-state index contributed by atoms with van der Waals surface area (Å²) in [5, 5.41) is 5.50. The number of hydrogen-bond donors (Lipinski definition) is 2. The van der Waals surface area contributed by atoms with Gasteiger partial charge in [-0.3, -0.25) is 4.79 Å². The summed E-state index contributed by atoms with van der Waals surface area (Å²) in [5.74, 6) is -0.253. The van der Waals surface area contributed by atoms with Crippen molar-refractivity contribution in [1.82, 2.24) is 10.6 Å². The Bertz CT molecular complexity index is 307. The molecule has 1 heterocycles. The summed E-state index contributed by atoms with van der Waals surface area (Å²) in [6, 6.07) is 0. The molecule has 4 nitrogen and oxygen atoms in total. The van der Waals surface area contributed by atoms with E-state index in [9.17, 15) is 18.0 Å². The van der Waals surface area contributed by atoms with Gasteiger partial charge >= 0.3 is 6.18 Å². The molecule has 1 amide bonds. The van der Waals surface area contributed by atoms with E-state index in [-0.39, 0.29) is 19.1 Å².